The number of nitrogens with zero attached hydrogens (tertiary/aromatic N) is 1. The maximum Gasteiger partial charge on any atom is 0.226 e. The van der Waals surface area contributed by atoms with E-state index in [2.05, 4.69) is 28.4 Å². The van der Waals surface area contributed by atoms with E-state index < -0.39 is 0 Å². The molecular formula is C21H23FN2O. The molecule has 1 saturated heterocycles. The van der Waals surface area contributed by atoms with Crippen molar-refractivity contribution in [1.29, 1.82) is 0 Å². The van der Waals surface area contributed by atoms with E-state index in [0.29, 0.717) is 6.54 Å². The first kappa shape index (κ1) is 16.3. The number of piperidine rings is 1. The van der Waals surface area contributed by atoms with Gasteiger partial charge in [0.25, 0.3) is 0 Å². The number of rotatable bonds is 2. The maximum absolute atomic E-state index is 13.0. The monoisotopic (exact) mass is 338 g/mol. The maximum atomic E-state index is 13.0. The molecule has 2 heterocycles. The third kappa shape index (κ3) is 3.31. The van der Waals surface area contributed by atoms with Gasteiger partial charge >= 0.3 is 0 Å². The van der Waals surface area contributed by atoms with E-state index in [1.165, 1.54) is 23.3 Å². The van der Waals surface area contributed by atoms with Crippen LogP contribution in [0.25, 0.3) is 0 Å². The lowest BCUT2D eigenvalue weighted by Crippen LogP contribution is -2.48. The third-order valence-corrected chi connectivity index (χ3v) is 5.70. The lowest BCUT2D eigenvalue weighted by molar-refractivity contribution is -0.133. The van der Waals surface area contributed by atoms with Crippen LogP contribution in [0.2, 0.25) is 0 Å². The fourth-order valence-corrected chi connectivity index (χ4v) is 4.10. The predicted molar refractivity (Wildman–Crippen MR) is 95.3 cm³/mol. The number of likely N-dealkylation sites (tertiary alicyclic amines) is 1. The molecule has 25 heavy (non-hydrogen) atoms. The highest BCUT2D eigenvalue weighted by molar-refractivity contribution is 5.83. The number of amides is 1. The van der Waals surface area contributed by atoms with Crippen LogP contribution in [0.1, 0.15) is 29.5 Å². The van der Waals surface area contributed by atoms with Gasteiger partial charge < -0.3 is 5.32 Å². The summed E-state index contributed by atoms with van der Waals surface area (Å²) in [5.74, 6) is 0.000251. The van der Waals surface area contributed by atoms with E-state index in [0.717, 1.165) is 44.5 Å². The first-order chi connectivity index (χ1) is 12.1. The summed E-state index contributed by atoms with van der Waals surface area (Å²) in [6, 6.07) is 15.1. The largest absolute Gasteiger partial charge is 0.352 e. The summed E-state index contributed by atoms with van der Waals surface area (Å²) in [7, 11) is 0. The molecule has 0 saturated carbocycles. The van der Waals surface area contributed by atoms with Gasteiger partial charge in [-0.2, -0.15) is 0 Å². The molecule has 2 aromatic rings. The van der Waals surface area contributed by atoms with E-state index in [1.54, 1.807) is 0 Å². The Morgan fingerprint density at radius 2 is 1.68 bits per heavy atom. The van der Waals surface area contributed by atoms with Gasteiger partial charge in [-0.05, 0) is 61.2 Å². The highest BCUT2D eigenvalue weighted by atomic mass is 19.1. The van der Waals surface area contributed by atoms with Crippen molar-refractivity contribution >= 4 is 5.91 Å². The summed E-state index contributed by atoms with van der Waals surface area (Å²) < 4.78 is 13.0. The third-order valence-electron chi connectivity index (χ3n) is 5.70. The molecule has 0 radical (unpaired) electrons. The number of hydrogen-bond donors (Lipinski definition) is 1. The Labute approximate surface area is 147 Å². The van der Waals surface area contributed by atoms with Gasteiger partial charge in [-0.25, -0.2) is 4.39 Å². The predicted octanol–water partition coefficient (Wildman–Crippen LogP) is 3.28. The average molecular weight is 338 g/mol. The van der Waals surface area contributed by atoms with Crippen molar-refractivity contribution in [3.63, 3.8) is 0 Å². The second-order valence-electron chi connectivity index (χ2n) is 7.31. The highest BCUT2D eigenvalue weighted by Crippen LogP contribution is 2.38. The molecule has 2 aliphatic heterocycles. The minimum Gasteiger partial charge on any atom is -0.352 e. The van der Waals surface area contributed by atoms with Crippen molar-refractivity contribution in [3.05, 3.63) is 71.0 Å². The second kappa shape index (κ2) is 6.60. The van der Waals surface area contributed by atoms with Crippen LogP contribution in [0.15, 0.2) is 48.5 Å². The Balaban J connectivity index is 1.46. The van der Waals surface area contributed by atoms with Crippen molar-refractivity contribution in [2.75, 3.05) is 13.1 Å². The lowest BCUT2D eigenvalue weighted by Gasteiger charge is -2.40. The van der Waals surface area contributed by atoms with E-state index in [1.807, 2.05) is 18.2 Å². The van der Waals surface area contributed by atoms with Crippen molar-refractivity contribution in [2.45, 2.75) is 32.4 Å². The number of fused-ring (bicyclic) bond motifs is 1. The van der Waals surface area contributed by atoms with Crippen molar-refractivity contribution in [3.8, 4) is 0 Å². The van der Waals surface area contributed by atoms with Crippen LogP contribution in [0, 0.1) is 11.2 Å². The van der Waals surface area contributed by atoms with Crippen LogP contribution in [0.5, 0.6) is 0 Å². The summed E-state index contributed by atoms with van der Waals surface area (Å²) in [5.41, 5.74) is 3.37. The fourth-order valence-electron chi connectivity index (χ4n) is 4.10. The zero-order valence-corrected chi connectivity index (χ0v) is 14.3. The number of carbonyl (C=O) groups excluding carboxylic acids is 1. The van der Waals surface area contributed by atoms with Crippen LogP contribution in [0.4, 0.5) is 4.39 Å². The Morgan fingerprint density at radius 1 is 1.00 bits per heavy atom. The molecule has 1 amide bonds. The lowest BCUT2D eigenvalue weighted by atomic mass is 9.73. The SMILES string of the molecule is O=C1NCc2ccccc2CC12CCN(Cc1ccc(F)cc1)CC2. The number of nitrogens with one attached hydrogen (secondary N) is 1. The van der Waals surface area contributed by atoms with E-state index in [4.69, 9.17) is 0 Å². The zero-order chi connectivity index (χ0) is 17.3. The average Bonchev–Trinajstić information content (AvgIpc) is 2.77. The van der Waals surface area contributed by atoms with Crippen LogP contribution >= 0.6 is 0 Å². The van der Waals surface area contributed by atoms with Crippen molar-refractivity contribution in [1.82, 2.24) is 10.2 Å². The molecule has 4 heteroatoms. The first-order valence-electron chi connectivity index (χ1n) is 8.97. The molecule has 0 atom stereocenters. The van der Waals surface area contributed by atoms with E-state index >= 15 is 0 Å². The summed E-state index contributed by atoms with van der Waals surface area (Å²) in [6.45, 7) is 3.24. The van der Waals surface area contributed by atoms with Crippen LogP contribution in [0.3, 0.4) is 0 Å². The normalized spacial score (nSPS) is 20.0. The number of carbonyl (C=O) groups is 1. The minimum absolute atomic E-state index is 0.199. The van der Waals surface area contributed by atoms with Crippen LogP contribution in [-0.4, -0.2) is 23.9 Å². The van der Waals surface area contributed by atoms with Gasteiger partial charge in [-0.3, -0.25) is 9.69 Å². The van der Waals surface area contributed by atoms with Gasteiger partial charge in [-0.15, -0.1) is 0 Å². The van der Waals surface area contributed by atoms with Crippen LogP contribution in [-0.2, 0) is 24.3 Å². The van der Waals surface area contributed by atoms with Crippen molar-refractivity contribution in [2.24, 2.45) is 5.41 Å². The van der Waals surface area contributed by atoms with Gasteiger partial charge in [-0.1, -0.05) is 36.4 Å². The van der Waals surface area contributed by atoms with Crippen LogP contribution < -0.4 is 5.32 Å². The fraction of sp³-hybridized carbons (Fsp3) is 0.381. The van der Waals surface area contributed by atoms with Gasteiger partial charge in [0.15, 0.2) is 0 Å². The molecule has 1 N–H and O–H groups in total. The quantitative estimate of drug-likeness (QED) is 0.911. The molecule has 3 nitrogen and oxygen atoms in total. The molecule has 0 aliphatic carbocycles. The number of benzene rings is 2. The Morgan fingerprint density at radius 3 is 2.40 bits per heavy atom. The molecule has 4 rings (SSSR count). The second-order valence-corrected chi connectivity index (χ2v) is 7.31. The zero-order valence-electron chi connectivity index (χ0n) is 14.3. The summed E-state index contributed by atoms with van der Waals surface area (Å²) in [5, 5.41) is 3.13. The molecule has 2 aliphatic rings. The molecular weight excluding hydrogens is 315 g/mol. The van der Waals surface area contributed by atoms with Gasteiger partial charge in [0.1, 0.15) is 5.82 Å². The molecule has 0 unspecified atom stereocenters. The molecule has 2 aromatic carbocycles. The molecule has 1 fully saturated rings. The Kier molecular flexibility index (Phi) is 4.30. The van der Waals surface area contributed by atoms with Gasteiger partial charge in [0.05, 0.1) is 5.41 Å². The summed E-state index contributed by atoms with van der Waals surface area (Å²) in [6.07, 6.45) is 2.57. The molecule has 0 bridgehead atoms. The minimum atomic E-state index is -0.286. The number of halogens is 1. The molecule has 0 aromatic heterocycles. The Hall–Kier alpha value is -2.20. The highest BCUT2D eigenvalue weighted by Gasteiger charge is 2.42. The van der Waals surface area contributed by atoms with Gasteiger partial charge in [0.2, 0.25) is 5.91 Å². The topological polar surface area (TPSA) is 32.3 Å². The Bertz CT molecular complexity index is 764. The van der Waals surface area contributed by atoms with Gasteiger partial charge in [0, 0.05) is 13.1 Å². The van der Waals surface area contributed by atoms with Crippen molar-refractivity contribution < 1.29 is 9.18 Å². The first-order valence-corrected chi connectivity index (χ1v) is 8.97. The van der Waals surface area contributed by atoms with E-state index in [9.17, 15) is 9.18 Å². The molecule has 1 spiro atoms. The standard InChI is InChI=1S/C21H23FN2O/c22-19-7-5-16(6-8-19)15-24-11-9-21(10-12-24)13-17-3-1-2-4-18(17)14-23-20(21)25/h1-8H,9-15H2,(H,23,25). The number of hydrogen-bond acceptors (Lipinski definition) is 2. The van der Waals surface area contributed by atoms with E-state index in [-0.39, 0.29) is 17.1 Å². The molecule has 130 valence electrons. The summed E-state index contributed by atoms with van der Waals surface area (Å²) in [4.78, 5) is 15.2. The summed E-state index contributed by atoms with van der Waals surface area (Å²) >= 11 is 0. The smallest absolute Gasteiger partial charge is 0.226 e.